The molecular formula is C18H19N3O4S. The first-order valence-corrected chi connectivity index (χ1v) is 8.62. The van der Waals surface area contributed by atoms with Crippen LogP contribution in [0.1, 0.15) is 15.9 Å². The molecule has 1 heterocycles. The number of anilines is 1. The van der Waals surface area contributed by atoms with E-state index in [4.69, 9.17) is 14.2 Å². The molecular weight excluding hydrogens is 354 g/mol. The number of amides is 1. The lowest BCUT2D eigenvalue weighted by Gasteiger charge is -2.12. The Hall–Kier alpha value is -3.00. The second kappa shape index (κ2) is 7.49. The molecule has 0 unspecified atom stereocenters. The maximum Gasteiger partial charge on any atom is 0.273 e. The topological polar surface area (TPSA) is 81.7 Å². The van der Waals surface area contributed by atoms with E-state index in [-0.39, 0.29) is 5.91 Å². The second-order valence-electron chi connectivity index (χ2n) is 5.40. The third-order valence-corrected chi connectivity index (χ3v) is 4.96. The number of carbonyl (C=O) groups is 1. The van der Waals surface area contributed by atoms with Crippen LogP contribution in [0.25, 0.3) is 10.2 Å². The first-order valence-electron chi connectivity index (χ1n) is 7.80. The number of nitrogens with zero attached hydrogens (tertiary/aromatic N) is 1. The van der Waals surface area contributed by atoms with Gasteiger partial charge in [0.25, 0.3) is 5.91 Å². The number of aryl methyl sites for hydroxylation is 1. The molecule has 7 nitrogen and oxygen atoms in total. The highest BCUT2D eigenvalue weighted by molar-refractivity contribution is 7.22. The van der Waals surface area contributed by atoms with E-state index in [1.807, 2.05) is 19.1 Å². The lowest BCUT2D eigenvalue weighted by Crippen LogP contribution is -2.29. The number of hydrazine groups is 1. The molecule has 2 N–H and O–H groups in total. The number of benzene rings is 2. The Morgan fingerprint density at radius 1 is 1.04 bits per heavy atom. The standard InChI is InChI=1S/C18H19N3O4S/c1-10-8-9-12(23-2)14-16(10)26-18(19-14)21-20-17(22)11-6-5-7-13(24-3)15(11)25-4/h5-9H,1-4H3,(H,19,21)(H,20,22). The molecule has 26 heavy (non-hydrogen) atoms. The van der Waals surface area contributed by atoms with Crippen LogP contribution in [0.4, 0.5) is 5.13 Å². The van der Waals surface area contributed by atoms with Gasteiger partial charge in [0.15, 0.2) is 11.5 Å². The summed E-state index contributed by atoms with van der Waals surface area (Å²) in [6.07, 6.45) is 0. The molecule has 3 rings (SSSR count). The van der Waals surface area contributed by atoms with E-state index in [1.165, 1.54) is 25.6 Å². The van der Waals surface area contributed by atoms with Crippen molar-refractivity contribution in [3.63, 3.8) is 0 Å². The number of nitrogens with one attached hydrogen (secondary N) is 2. The zero-order chi connectivity index (χ0) is 18.7. The normalized spacial score (nSPS) is 10.5. The molecule has 3 aromatic rings. The second-order valence-corrected chi connectivity index (χ2v) is 6.40. The Balaban J connectivity index is 1.82. The van der Waals surface area contributed by atoms with E-state index < -0.39 is 0 Å². The highest BCUT2D eigenvalue weighted by atomic mass is 32.1. The molecule has 0 bridgehead atoms. The summed E-state index contributed by atoms with van der Waals surface area (Å²) < 4.78 is 16.9. The minimum absolute atomic E-state index is 0.356. The summed E-state index contributed by atoms with van der Waals surface area (Å²) in [7, 11) is 4.62. The number of hydrogen-bond donors (Lipinski definition) is 2. The Labute approximate surface area is 154 Å². The van der Waals surface area contributed by atoms with Crippen LogP contribution in [0.15, 0.2) is 30.3 Å². The number of ether oxygens (including phenoxy) is 3. The summed E-state index contributed by atoms with van der Waals surface area (Å²) in [4.78, 5) is 17.0. The number of methoxy groups -OCH3 is 3. The fourth-order valence-electron chi connectivity index (χ4n) is 2.57. The third kappa shape index (κ3) is 3.23. The van der Waals surface area contributed by atoms with Crippen molar-refractivity contribution in [3.05, 3.63) is 41.5 Å². The Bertz CT molecular complexity index is 955. The molecule has 1 amide bonds. The van der Waals surface area contributed by atoms with Gasteiger partial charge in [-0.1, -0.05) is 23.5 Å². The third-order valence-electron chi connectivity index (χ3n) is 3.85. The van der Waals surface area contributed by atoms with Crippen LogP contribution in [-0.4, -0.2) is 32.2 Å². The Morgan fingerprint density at radius 3 is 2.50 bits per heavy atom. The summed E-state index contributed by atoms with van der Waals surface area (Å²) in [5, 5.41) is 0.558. The summed E-state index contributed by atoms with van der Waals surface area (Å²) in [6.45, 7) is 2.00. The van der Waals surface area contributed by atoms with Crippen molar-refractivity contribution in [1.29, 1.82) is 0 Å². The quantitative estimate of drug-likeness (QED) is 0.645. The van der Waals surface area contributed by atoms with E-state index in [0.717, 1.165) is 15.8 Å². The molecule has 0 aliphatic carbocycles. The lowest BCUT2D eigenvalue weighted by molar-refractivity contribution is 0.0959. The average Bonchev–Trinajstić information content (AvgIpc) is 3.10. The molecule has 2 aromatic carbocycles. The van der Waals surface area contributed by atoms with Crippen LogP contribution in [0, 0.1) is 6.92 Å². The van der Waals surface area contributed by atoms with Crippen molar-refractivity contribution in [3.8, 4) is 17.2 Å². The number of fused-ring (bicyclic) bond motifs is 1. The maximum absolute atomic E-state index is 12.5. The first-order chi connectivity index (χ1) is 12.6. The van der Waals surface area contributed by atoms with E-state index in [1.54, 1.807) is 25.3 Å². The van der Waals surface area contributed by atoms with Crippen LogP contribution in [0.5, 0.6) is 17.2 Å². The summed E-state index contributed by atoms with van der Waals surface area (Å²) in [6, 6.07) is 8.96. The summed E-state index contributed by atoms with van der Waals surface area (Å²) in [5.41, 5.74) is 7.70. The van der Waals surface area contributed by atoms with Gasteiger partial charge < -0.3 is 14.2 Å². The van der Waals surface area contributed by atoms with Crippen molar-refractivity contribution >= 4 is 32.6 Å². The first kappa shape index (κ1) is 17.8. The van der Waals surface area contributed by atoms with Gasteiger partial charge in [-0.25, -0.2) is 4.98 Å². The van der Waals surface area contributed by atoms with E-state index in [2.05, 4.69) is 15.8 Å². The molecule has 0 fully saturated rings. The Kier molecular flexibility index (Phi) is 5.13. The fourth-order valence-corrected chi connectivity index (χ4v) is 3.48. The number of hydrogen-bond acceptors (Lipinski definition) is 7. The van der Waals surface area contributed by atoms with Crippen LogP contribution in [0.3, 0.4) is 0 Å². The van der Waals surface area contributed by atoms with Crippen LogP contribution in [0.2, 0.25) is 0 Å². The van der Waals surface area contributed by atoms with Crippen LogP contribution < -0.4 is 25.1 Å². The van der Waals surface area contributed by atoms with Crippen LogP contribution in [-0.2, 0) is 0 Å². The smallest absolute Gasteiger partial charge is 0.273 e. The molecule has 0 radical (unpaired) electrons. The lowest BCUT2D eigenvalue weighted by atomic mass is 10.2. The van der Waals surface area contributed by atoms with Gasteiger partial charge in [-0.05, 0) is 30.7 Å². The largest absolute Gasteiger partial charge is 0.494 e. The van der Waals surface area contributed by atoms with Gasteiger partial charge >= 0.3 is 0 Å². The molecule has 0 saturated heterocycles. The van der Waals surface area contributed by atoms with Gasteiger partial charge in [-0.2, -0.15) is 0 Å². The number of aromatic nitrogens is 1. The average molecular weight is 373 g/mol. The number of para-hydroxylation sites is 1. The molecule has 8 heteroatoms. The minimum atomic E-state index is -0.358. The van der Waals surface area contributed by atoms with E-state index in [0.29, 0.717) is 27.9 Å². The fraction of sp³-hybridized carbons (Fsp3) is 0.222. The summed E-state index contributed by atoms with van der Waals surface area (Å²) in [5.74, 6) is 1.19. The number of thiazole rings is 1. The minimum Gasteiger partial charge on any atom is -0.494 e. The van der Waals surface area contributed by atoms with Crippen molar-refractivity contribution in [2.75, 3.05) is 26.8 Å². The maximum atomic E-state index is 12.5. The zero-order valence-corrected chi connectivity index (χ0v) is 15.7. The van der Waals surface area contributed by atoms with Gasteiger partial charge in [-0.15, -0.1) is 0 Å². The molecule has 0 aliphatic rings. The van der Waals surface area contributed by atoms with Gasteiger partial charge in [0, 0.05) is 0 Å². The van der Waals surface area contributed by atoms with Gasteiger partial charge in [-0.3, -0.25) is 15.6 Å². The molecule has 0 spiro atoms. The zero-order valence-electron chi connectivity index (χ0n) is 14.9. The van der Waals surface area contributed by atoms with E-state index in [9.17, 15) is 4.79 Å². The predicted octanol–water partition coefficient (Wildman–Crippen LogP) is 3.39. The molecule has 1 aromatic heterocycles. The number of rotatable bonds is 6. The van der Waals surface area contributed by atoms with E-state index >= 15 is 0 Å². The molecule has 0 saturated carbocycles. The highest BCUT2D eigenvalue weighted by Gasteiger charge is 2.17. The van der Waals surface area contributed by atoms with Gasteiger partial charge in [0.05, 0.1) is 31.6 Å². The summed E-state index contributed by atoms with van der Waals surface area (Å²) >= 11 is 1.44. The molecule has 0 atom stereocenters. The number of carbonyl (C=O) groups excluding carboxylic acids is 1. The van der Waals surface area contributed by atoms with Gasteiger partial charge in [0.2, 0.25) is 5.13 Å². The van der Waals surface area contributed by atoms with Crippen LogP contribution >= 0.6 is 11.3 Å². The SMILES string of the molecule is COc1cccc(C(=O)NNc2nc3c(OC)ccc(C)c3s2)c1OC. The molecule has 0 aliphatic heterocycles. The van der Waals surface area contributed by atoms with Crippen molar-refractivity contribution in [2.45, 2.75) is 6.92 Å². The van der Waals surface area contributed by atoms with Gasteiger partial charge in [0.1, 0.15) is 11.3 Å². The monoisotopic (exact) mass is 373 g/mol. The van der Waals surface area contributed by atoms with Crippen molar-refractivity contribution in [2.24, 2.45) is 0 Å². The predicted molar refractivity (Wildman–Crippen MR) is 102 cm³/mol. The van der Waals surface area contributed by atoms with Crippen molar-refractivity contribution in [1.82, 2.24) is 10.4 Å². The Morgan fingerprint density at radius 2 is 1.81 bits per heavy atom. The van der Waals surface area contributed by atoms with Crippen molar-refractivity contribution < 1.29 is 19.0 Å². The highest BCUT2D eigenvalue weighted by Crippen LogP contribution is 2.34. The molecule has 136 valence electrons.